The van der Waals surface area contributed by atoms with Crippen molar-refractivity contribution in [1.29, 1.82) is 0 Å². The van der Waals surface area contributed by atoms with Crippen LogP contribution >= 0.6 is 0 Å². The van der Waals surface area contributed by atoms with Crippen LogP contribution in [-0.4, -0.2) is 30.3 Å². The molecule has 2 aliphatic rings. The summed E-state index contributed by atoms with van der Waals surface area (Å²) in [5.41, 5.74) is -0.297. The summed E-state index contributed by atoms with van der Waals surface area (Å²) in [4.78, 5) is 4.65. The molecule has 3 rings (SSSR count). The number of piperidine rings is 1. The van der Waals surface area contributed by atoms with E-state index in [1.165, 1.54) is 32.1 Å². The Balaban J connectivity index is 1.68. The molecule has 1 aromatic rings. The number of rotatable bonds is 4. The van der Waals surface area contributed by atoms with Crippen LogP contribution in [0.3, 0.4) is 0 Å². The minimum Gasteiger partial charge on any atom is -0.370 e. The second kappa shape index (κ2) is 6.22. The zero-order chi connectivity index (χ0) is 13.8. The summed E-state index contributed by atoms with van der Waals surface area (Å²) in [5, 5.41) is 7.61. The lowest BCUT2D eigenvalue weighted by Gasteiger charge is -2.32. The molecule has 2 heterocycles. The van der Waals surface area contributed by atoms with Gasteiger partial charge in [-0.25, -0.2) is 0 Å². The van der Waals surface area contributed by atoms with Crippen molar-refractivity contribution < 1.29 is 9.26 Å². The second-order valence-corrected chi connectivity index (χ2v) is 6.17. The van der Waals surface area contributed by atoms with Gasteiger partial charge in [0.15, 0.2) is 0 Å². The van der Waals surface area contributed by atoms with Gasteiger partial charge < -0.3 is 14.6 Å². The Morgan fingerprint density at radius 1 is 1.25 bits per heavy atom. The number of ether oxygens (including phenoxy) is 1. The summed E-state index contributed by atoms with van der Waals surface area (Å²) in [6, 6.07) is 0. The Morgan fingerprint density at radius 2 is 2.00 bits per heavy atom. The molecule has 0 aromatic carbocycles. The van der Waals surface area contributed by atoms with Crippen LogP contribution in [-0.2, 0) is 16.8 Å². The third kappa shape index (κ3) is 2.88. The molecule has 1 aliphatic heterocycles. The quantitative estimate of drug-likeness (QED) is 0.917. The van der Waals surface area contributed by atoms with E-state index in [0.29, 0.717) is 5.92 Å². The lowest BCUT2D eigenvalue weighted by atomic mass is 9.84. The molecular weight excluding hydrogens is 254 g/mol. The Bertz CT molecular complexity index is 421. The van der Waals surface area contributed by atoms with Crippen LogP contribution in [0.15, 0.2) is 4.52 Å². The van der Waals surface area contributed by atoms with Crippen molar-refractivity contribution in [2.24, 2.45) is 5.92 Å². The van der Waals surface area contributed by atoms with E-state index >= 15 is 0 Å². The maximum atomic E-state index is 5.77. The first-order chi connectivity index (χ1) is 9.82. The molecule has 1 saturated carbocycles. The lowest BCUT2D eigenvalue weighted by molar-refractivity contribution is -0.0527. The molecule has 0 amide bonds. The van der Waals surface area contributed by atoms with Gasteiger partial charge in [-0.15, -0.1) is 0 Å². The van der Waals surface area contributed by atoms with Crippen LogP contribution in [0, 0.1) is 5.92 Å². The van der Waals surface area contributed by atoms with Crippen LogP contribution in [0.1, 0.15) is 56.7 Å². The predicted octanol–water partition coefficient (Wildman–Crippen LogP) is 2.42. The highest BCUT2D eigenvalue weighted by atomic mass is 16.5. The molecule has 5 heteroatoms. The average Bonchev–Trinajstić information content (AvgIpc) is 2.98. The first kappa shape index (κ1) is 14.0. The number of hydrogen-bond donors (Lipinski definition) is 1. The summed E-state index contributed by atoms with van der Waals surface area (Å²) in [7, 11) is 1.77. The van der Waals surface area contributed by atoms with Crippen molar-refractivity contribution in [1.82, 2.24) is 15.5 Å². The first-order valence-corrected chi connectivity index (χ1v) is 7.91. The molecule has 112 valence electrons. The Kier molecular flexibility index (Phi) is 4.36. The van der Waals surface area contributed by atoms with E-state index in [2.05, 4.69) is 15.5 Å². The molecule has 1 saturated heterocycles. The van der Waals surface area contributed by atoms with E-state index in [-0.39, 0.29) is 5.60 Å². The molecule has 0 radical (unpaired) electrons. The van der Waals surface area contributed by atoms with Gasteiger partial charge in [0.1, 0.15) is 5.60 Å². The Labute approximate surface area is 120 Å². The van der Waals surface area contributed by atoms with Crippen LogP contribution < -0.4 is 5.32 Å². The fourth-order valence-electron chi connectivity index (χ4n) is 3.50. The fourth-order valence-corrected chi connectivity index (χ4v) is 3.50. The van der Waals surface area contributed by atoms with Gasteiger partial charge in [0.25, 0.3) is 0 Å². The van der Waals surface area contributed by atoms with Crippen molar-refractivity contribution in [3.8, 4) is 0 Å². The standard InChI is InChI=1S/C15H25N3O2/c1-19-15(7-3-2-4-8-15)14-17-13(20-18-14)11-12-5-9-16-10-6-12/h12,16H,2-11H2,1H3. The zero-order valence-electron chi connectivity index (χ0n) is 12.4. The number of methoxy groups -OCH3 is 1. The monoisotopic (exact) mass is 279 g/mol. The van der Waals surface area contributed by atoms with E-state index in [1.807, 2.05) is 0 Å². The number of nitrogens with zero attached hydrogens (tertiary/aromatic N) is 2. The van der Waals surface area contributed by atoms with Crippen LogP contribution in [0.25, 0.3) is 0 Å². The largest absolute Gasteiger partial charge is 0.370 e. The van der Waals surface area contributed by atoms with Gasteiger partial charge >= 0.3 is 0 Å². The summed E-state index contributed by atoms with van der Waals surface area (Å²) >= 11 is 0. The van der Waals surface area contributed by atoms with Gasteiger partial charge in [-0.3, -0.25) is 0 Å². The molecule has 20 heavy (non-hydrogen) atoms. The lowest BCUT2D eigenvalue weighted by Crippen LogP contribution is -2.32. The molecule has 0 atom stereocenters. The van der Waals surface area contributed by atoms with E-state index in [4.69, 9.17) is 9.26 Å². The van der Waals surface area contributed by atoms with Crippen molar-refractivity contribution in [2.45, 2.75) is 57.0 Å². The average molecular weight is 279 g/mol. The van der Waals surface area contributed by atoms with Crippen molar-refractivity contribution in [2.75, 3.05) is 20.2 Å². The topological polar surface area (TPSA) is 60.2 Å². The molecule has 1 aromatic heterocycles. The SMILES string of the molecule is COC1(c2noc(CC3CCNCC3)n2)CCCCC1. The molecule has 0 bridgehead atoms. The third-order valence-electron chi connectivity index (χ3n) is 4.85. The third-order valence-corrected chi connectivity index (χ3v) is 4.85. The normalized spacial score (nSPS) is 23.9. The van der Waals surface area contributed by atoms with Gasteiger partial charge in [0.2, 0.25) is 11.7 Å². The number of aromatic nitrogens is 2. The van der Waals surface area contributed by atoms with Gasteiger partial charge in [0.05, 0.1) is 0 Å². The minimum atomic E-state index is -0.297. The first-order valence-electron chi connectivity index (χ1n) is 7.91. The van der Waals surface area contributed by atoms with Crippen molar-refractivity contribution >= 4 is 0 Å². The number of nitrogens with one attached hydrogen (secondary N) is 1. The summed E-state index contributed by atoms with van der Waals surface area (Å²) in [6.45, 7) is 2.21. The number of hydrogen-bond acceptors (Lipinski definition) is 5. The van der Waals surface area contributed by atoms with E-state index in [1.54, 1.807) is 7.11 Å². The summed E-state index contributed by atoms with van der Waals surface area (Å²) < 4.78 is 11.3. The second-order valence-electron chi connectivity index (χ2n) is 6.17. The molecule has 1 N–H and O–H groups in total. The maximum Gasteiger partial charge on any atom is 0.227 e. The van der Waals surface area contributed by atoms with Crippen LogP contribution in [0.4, 0.5) is 0 Å². The molecule has 0 unspecified atom stereocenters. The molecule has 5 nitrogen and oxygen atoms in total. The zero-order valence-corrected chi connectivity index (χ0v) is 12.4. The Hall–Kier alpha value is -0.940. The highest BCUT2D eigenvalue weighted by molar-refractivity contribution is 5.03. The minimum absolute atomic E-state index is 0.297. The molecule has 0 spiro atoms. The summed E-state index contributed by atoms with van der Waals surface area (Å²) in [6.07, 6.45) is 8.99. The molecule has 1 aliphatic carbocycles. The van der Waals surface area contributed by atoms with E-state index in [0.717, 1.165) is 44.1 Å². The summed E-state index contributed by atoms with van der Waals surface area (Å²) in [5.74, 6) is 2.23. The van der Waals surface area contributed by atoms with Crippen LogP contribution in [0.5, 0.6) is 0 Å². The van der Waals surface area contributed by atoms with Crippen LogP contribution in [0.2, 0.25) is 0 Å². The molecular formula is C15H25N3O2. The molecule has 2 fully saturated rings. The van der Waals surface area contributed by atoms with Crippen molar-refractivity contribution in [3.63, 3.8) is 0 Å². The fraction of sp³-hybridized carbons (Fsp3) is 0.867. The van der Waals surface area contributed by atoms with Crippen molar-refractivity contribution in [3.05, 3.63) is 11.7 Å². The Morgan fingerprint density at radius 3 is 2.70 bits per heavy atom. The van der Waals surface area contributed by atoms with E-state index < -0.39 is 0 Å². The van der Waals surface area contributed by atoms with Gasteiger partial charge in [-0.05, 0) is 44.7 Å². The maximum absolute atomic E-state index is 5.77. The highest BCUT2D eigenvalue weighted by Crippen LogP contribution is 2.38. The smallest absolute Gasteiger partial charge is 0.227 e. The predicted molar refractivity (Wildman–Crippen MR) is 75.4 cm³/mol. The van der Waals surface area contributed by atoms with E-state index in [9.17, 15) is 0 Å². The van der Waals surface area contributed by atoms with Gasteiger partial charge in [0, 0.05) is 13.5 Å². The van der Waals surface area contributed by atoms with Gasteiger partial charge in [-0.1, -0.05) is 24.4 Å². The van der Waals surface area contributed by atoms with Gasteiger partial charge in [-0.2, -0.15) is 4.98 Å². The highest BCUT2D eigenvalue weighted by Gasteiger charge is 2.38.